The molecule has 0 aromatic heterocycles. The molecule has 0 N–H and O–H groups in total. The third kappa shape index (κ3) is 1.84. The molecule has 3 heteroatoms. The van der Waals surface area contributed by atoms with Crippen LogP contribution in [0.25, 0.3) is 0 Å². The van der Waals surface area contributed by atoms with Gasteiger partial charge >= 0.3 is 0 Å². The Kier molecular flexibility index (Phi) is 2.71. The maximum absolute atomic E-state index is 12.7. The molecule has 1 nitrogen and oxygen atoms in total. The number of allylic oxidation sites excluding steroid dienone is 5. The first-order valence-corrected chi connectivity index (χ1v) is 3.57. The zero-order valence-corrected chi connectivity index (χ0v) is 6.86. The lowest BCUT2D eigenvalue weighted by molar-refractivity contribution is 0.334. The van der Waals surface area contributed by atoms with Crippen molar-refractivity contribution in [2.24, 2.45) is 0 Å². The highest BCUT2D eigenvalue weighted by Crippen LogP contribution is 2.28. The normalized spacial score (nSPS) is 21.2. The van der Waals surface area contributed by atoms with Gasteiger partial charge in [0.2, 0.25) is 0 Å². The molecule has 1 rings (SSSR count). The molecule has 0 saturated heterocycles. The Hall–Kier alpha value is -0.760. The van der Waals surface area contributed by atoms with Crippen molar-refractivity contribution in [2.45, 2.75) is 6.42 Å². The number of ether oxygens (including phenoxy) is 1. The van der Waals surface area contributed by atoms with Crippen molar-refractivity contribution in [3.8, 4) is 0 Å². The van der Waals surface area contributed by atoms with Crippen LogP contribution in [0.4, 0.5) is 4.39 Å². The Morgan fingerprint density at radius 3 is 3.09 bits per heavy atom. The van der Waals surface area contributed by atoms with Crippen LogP contribution in [0.3, 0.4) is 0 Å². The van der Waals surface area contributed by atoms with E-state index in [4.69, 9.17) is 16.3 Å². The standard InChI is InChI=1S/C8H8ClFO/c1-11-5-6-3-2-4-7(10)8(6)9/h2,4-5H,3H2,1H3. The molecule has 0 aromatic carbocycles. The highest BCUT2D eigenvalue weighted by Gasteiger charge is 2.10. The second-order valence-corrected chi connectivity index (χ2v) is 2.53. The molecule has 0 bridgehead atoms. The van der Waals surface area contributed by atoms with Crippen LogP contribution in [-0.2, 0) is 4.74 Å². The van der Waals surface area contributed by atoms with E-state index in [2.05, 4.69) is 0 Å². The van der Waals surface area contributed by atoms with Gasteiger partial charge in [-0.05, 0) is 12.5 Å². The number of hydrogen-bond acceptors (Lipinski definition) is 1. The molecule has 1 aliphatic carbocycles. The molecule has 0 spiro atoms. The van der Waals surface area contributed by atoms with E-state index in [1.807, 2.05) is 0 Å². The van der Waals surface area contributed by atoms with E-state index in [1.165, 1.54) is 19.4 Å². The average Bonchev–Trinajstić information content (AvgIpc) is 1.99. The van der Waals surface area contributed by atoms with Gasteiger partial charge in [0, 0.05) is 5.57 Å². The molecule has 60 valence electrons. The summed E-state index contributed by atoms with van der Waals surface area (Å²) in [4.78, 5) is 0. The van der Waals surface area contributed by atoms with Crippen LogP contribution in [0.5, 0.6) is 0 Å². The Morgan fingerprint density at radius 1 is 1.73 bits per heavy atom. The van der Waals surface area contributed by atoms with Gasteiger partial charge in [-0.1, -0.05) is 17.7 Å². The smallest absolute Gasteiger partial charge is 0.141 e. The van der Waals surface area contributed by atoms with Crippen LogP contribution in [-0.4, -0.2) is 7.11 Å². The number of hydrogen-bond donors (Lipinski definition) is 0. The maximum Gasteiger partial charge on any atom is 0.141 e. The zero-order chi connectivity index (χ0) is 8.27. The first-order chi connectivity index (χ1) is 5.25. The predicted molar refractivity (Wildman–Crippen MR) is 42.8 cm³/mol. The minimum absolute atomic E-state index is 0.148. The van der Waals surface area contributed by atoms with Gasteiger partial charge in [0.1, 0.15) is 5.83 Å². The predicted octanol–water partition coefficient (Wildman–Crippen LogP) is 2.90. The second-order valence-electron chi connectivity index (χ2n) is 2.15. The molecule has 0 radical (unpaired) electrons. The molecule has 0 saturated carbocycles. The Morgan fingerprint density at radius 2 is 2.45 bits per heavy atom. The molecule has 11 heavy (non-hydrogen) atoms. The molecule has 0 heterocycles. The zero-order valence-electron chi connectivity index (χ0n) is 6.10. The van der Waals surface area contributed by atoms with Crippen molar-refractivity contribution >= 4 is 11.6 Å². The van der Waals surface area contributed by atoms with Crippen LogP contribution >= 0.6 is 11.6 Å². The molecule has 0 fully saturated rings. The van der Waals surface area contributed by atoms with Crippen LogP contribution in [0.15, 0.2) is 34.8 Å². The minimum atomic E-state index is -0.402. The van der Waals surface area contributed by atoms with Gasteiger partial charge in [-0.15, -0.1) is 0 Å². The average molecular weight is 175 g/mol. The van der Waals surface area contributed by atoms with Gasteiger partial charge in [-0.25, -0.2) is 4.39 Å². The number of methoxy groups -OCH3 is 1. The lowest BCUT2D eigenvalue weighted by atomic mass is 10.1. The van der Waals surface area contributed by atoms with Crippen LogP contribution in [0, 0.1) is 0 Å². The monoisotopic (exact) mass is 174 g/mol. The summed E-state index contributed by atoms with van der Waals surface area (Å²) in [5, 5.41) is 0.148. The summed E-state index contributed by atoms with van der Waals surface area (Å²) < 4.78 is 17.4. The van der Waals surface area contributed by atoms with Gasteiger partial charge < -0.3 is 4.74 Å². The SMILES string of the molecule is COC=C1CC=CC(F)=C1Cl. The molecule has 1 aliphatic rings. The molecule has 0 unspecified atom stereocenters. The lowest BCUT2D eigenvalue weighted by Crippen LogP contribution is -1.90. The maximum atomic E-state index is 12.7. The fourth-order valence-corrected chi connectivity index (χ4v) is 1.03. The summed E-state index contributed by atoms with van der Waals surface area (Å²) >= 11 is 5.62. The highest BCUT2D eigenvalue weighted by atomic mass is 35.5. The first kappa shape index (κ1) is 8.34. The van der Waals surface area contributed by atoms with Crippen molar-refractivity contribution < 1.29 is 9.13 Å². The van der Waals surface area contributed by atoms with E-state index in [-0.39, 0.29) is 5.03 Å². The Balaban J connectivity index is 2.89. The fourth-order valence-electron chi connectivity index (χ4n) is 0.848. The van der Waals surface area contributed by atoms with Crippen molar-refractivity contribution in [3.05, 3.63) is 34.8 Å². The van der Waals surface area contributed by atoms with Gasteiger partial charge in [0.05, 0.1) is 18.4 Å². The molecular weight excluding hydrogens is 167 g/mol. The van der Waals surface area contributed by atoms with E-state index in [1.54, 1.807) is 6.08 Å². The van der Waals surface area contributed by atoms with Crippen LogP contribution in [0.1, 0.15) is 6.42 Å². The highest BCUT2D eigenvalue weighted by molar-refractivity contribution is 6.32. The second kappa shape index (κ2) is 3.58. The quantitative estimate of drug-likeness (QED) is 0.556. The summed E-state index contributed by atoms with van der Waals surface area (Å²) in [6, 6.07) is 0. The summed E-state index contributed by atoms with van der Waals surface area (Å²) in [5.74, 6) is -0.402. The van der Waals surface area contributed by atoms with Gasteiger partial charge in [0.15, 0.2) is 0 Å². The number of halogens is 2. The van der Waals surface area contributed by atoms with Crippen molar-refractivity contribution in [1.82, 2.24) is 0 Å². The molecular formula is C8H8ClFO. The summed E-state index contributed by atoms with van der Waals surface area (Å²) in [7, 11) is 1.51. The van der Waals surface area contributed by atoms with E-state index in [0.29, 0.717) is 12.0 Å². The minimum Gasteiger partial charge on any atom is -0.504 e. The van der Waals surface area contributed by atoms with Crippen LogP contribution < -0.4 is 0 Å². The van der Waals surface area contributed by atoms with E-state index < -0.39 is 5.83 Å². The Bertz CT molecular complexity index is 240. The molecule has 0 aliphatic heterocycles. The van der Waals surface area contributed by atoms with E-state index in [0.717, 1.165) is 0 Å². The lowest BCUT2D eigenvalue weighted by Gasteiger charge is -2.07. The topological polar surface area (TPSA) is 9.23 Å². The molecule has 0 aromatic rings. The van der Waals surface area contributed by atoms with E-state index in [9.17, 15) is 4.39 Å². The van der Waals surface area contributed by atoms with Gasteiger partial charge in [0.25, 0.3) is 0 Å². The summed E-state index contributed by atoms with van der Waals surface area (Å²) in [6.45, 7) is 0. The van der Waals surface area contributed by atoms with E-state index >= 15 is 0 Å². The summed E-state index contributed by atoms with van der Waals surface area (Å²) in [5.41, 5.74) is 0.675. The van der Waals surface area contributed by atoms with Crippen LogP contribution in [0.2, 0.25) is 0 Å². The van der Waals surface area contributed by atoms with Gasteiger partial charge in [-0.2, -0.15) is 0 Å². The van der Waals surface area contributed by atoms with Gasteiger partial charge in [-0.3, -0.25) is 0 Å². The fraction of sp³-hybridized carbons (Fsp3) is 0.250. The largest absolute Gasteiger partial charge is 0.504 e. The number of rotatable bonds is 1. The van der Waals surface area contributed by atoms with Crippen molar-refractivity contribution in [3.63, 3.8) is 0 Å². The molecule has 0 amide bonds. The first-order valence-electron chi connectivity index (χ1n) is 3.19. The third-order valence-electron chi connectivity index (χ3n) is 1.35. The summed E-state index contributed by atoms with van der Waals surface area (Å²) in [6.07, 6.45) is 5.13. The Labute approximate surface area is 69.8 Å². The van der Waals surface area contributed by atoms with Crippen molar-refractivity contribution in [1.29, 1.82) is 0 Å². The third-order valence-corrected chi connectivity index (χ3v) is 1.78. The molecule has 0 atom stereocenters. The van der Waals surface area contributed by atoms with Crippen molar-refractivity contribution in [2.75, 3.05) is 7.11 Å².